The van der Waals surface area contributed by atoms with Gasteiger partial charge in [-0.25, -0.2) is 9.38 Å². The molecule has 0 spiro atoms. The van der Waals surface area contributed by atoms with Crippen molar-refractivity contribution in [3.63, 3.8) is 0 Å². The lowest BCUT2D eigenvalue weighted by molar-refractivity contribution is -0.252. The van der Waals surface area contributed by atoms with Gasteiger partial charge in [-0.3, -0.25) is 0 Å². The van der Waals surface area contributed by atoms with E-state index in [9.17, 15) is 26.3 Å². The number of hydrogen-bond donors (Lipinski definition) is 0. The largest absolute Gasteiger partial charge is 0.460 e. The topological polar surface area (TPSA) is 73.9 Å². The van der Waals surface area contributed by atoms with Crippen molar-refractivity contribution in [2.24, 2.45) is 4.99 Å². The van der Waals surface area contributed by atoms with Gasteiger partial charge in [-0.1, -0.05) is 0 Å². The molecule has 30 heavy (non-hydrogen) atoms. The Morgan fingerprint density at radius 3 is 2.33 bits per heavy atom. The maximum atomic E-state index is 14.5. The number of hydrogen-bond acceptors (Lipinski definition) is 6. The maximum absolute atomic E-state index is 14.5. The highest BCUT2D eigenvalue weighted by Crippen LogP contribution is 2.36. The Bertz CT molecular complexity index is 1010. The van der Waals surface area contributed by atoms with Gasteiger partial charge in [0.2, 0.25) is 0 Å². The summed E-state index contributed by atoms with van der Waals surface area (Å²) in [5, 5.41) is 10.8. The van der Waals surface area contributed by atoms with Crippen LogP contribution in [0.25, 0.3) is 11.2 Å². The highest BCUT2D eigenvalue weighted by atomic mass is 19.4. The summed E-state index contributed by atoms with van der Waals surface area (Å²) >= 11 is 0. The Morgan fingerprint density at radius 2 is 1.80 bits per heavy atom. The number of alkyl halides is 5. The number of methoxy groups -OCH3 is 1. The van der Waals surface area contributed by atoms with Crippen molar-refractivity contribution in [2.75, 3.05) is 7.11 Å². The summed E-state index contributed by atoms with van der Waals surface area (Å²) in [5.74, 6) is -3.17. The molecule has 0 fully saturated rings. The van der Waals surface area contributed by atoms with Gasteiger partial charge in [-0.2, -0.15) is 31.6 Å². The van der Waals surface area contributed by atoms with Crippen molar-refractivity contribution in [2.45, 2.75) is 38.7 Å². The lowest BCUT2D eigenvalue weighted by atomic mass is 10.1. The first-order valence-corrected chi connectivity index (χ1v) is 8.20. The van der Waals surface area contributed by atoms with E-state index in [1.807, 2.05) is 0 Å². The smallest absolute Gasteiger partial charge is 0.427 e. The third-order valence-electron chi connectivity index (χ3n) is 3.91. The molecule has 0 aliphatic carbocycles. The number of aliphatic imine (C=N–C) groups is 1. The fourth-order valence-electron chi connectivity index (χ4n) is 2.05. The average Bonchev–Trinajstić information content (AvgIpc) is 3.09. The second-order valence-corrected chi connectivity index (χ2v) is 6.48. The van der Waals surface area contributed by atoms with Gasteiger partial charge in [0, 0.05) is 7.11 Å². The summed E-state index contributed by atoms with van der Waals surface area (Å²) in [4.78, 5) is 3.16. The van der Waals surface area contributed by atoms with E-state index in [0.717, 1.165) is 13.2 Å². The number of aromatic nitrogens is 4. The van der Waals surface area contributed by atoms with Crippen molar-refractivity contribution < 1.29 is 35.8 Å². The molecular weight excluding hydrogens is 420 g/mol. The van der Waals surface area contributed by atoms with E-state index in [4.69, 9.17) is 0 Å². The van der Waals surface area contributed by atoms with Gasteiger partial charge in [0.1, 0.15) is 0 Å². The number of rotatable bonds is 7. The molecule has 0 unspecified atom stereocenters. The first-order chi connectivity index (χ1) is 13.7. The molecule has 0 amide bonds. The molecule has 0 aliphatic heterocycles. The summed E-state index contributed by atoms with van der Waals surface area (Å²) < 4.78 is 90.4. The molecule has 13 heteroatoms. The van der Waals surface area contributed by atoms with E-state index in [-0.39, 0.29) is 16.9 Å². The van der Waals surface area contributed by atoms with Crippen LogP contribution in [0.15, 0.2) is 34.9 Å². The van der Waals surface area contributed by atoms with Crippen molar-refractivity contribution >= 4 is 17.9 Å². The Labute approximate surface area is 166 Å². The van der Waals surface area contributed by atoms with E-state index < -0.39 is 35.4 Å². The molecule has 7 nitrogen and oxygen atoms in total. The first-order valence-electron chi connectivity index (χ1n) is 8.20. The van der Waals surface area contributed by atoms with Crippen LogP contribution in [-0.4, -0.2) is 45.4 Å². The van der Waals surface area contributed by atoms with Gasteiger partial charge < -0.3 is 9.47 Å². The van der Waals surface area contributed by atoms with Crippen LogP contribution < -0.4 is 0 Å². The first kappa shape index (κ1) is 23.3. The van der Waals surface area contributed by atoms with E-state index in [1.165, 1.54) is 19.1 Å². The highest BCUT2D eigenvalue weighted by Gasteiger charge is 2.50. The van der Waals surface area contributed by atoms with E-state index in [0.29, 0.717) is 18.4 Å². The van der Waals surface area contributed by atoms with Crippen LogP contribution in [0.2, 0.25) is 0 Å². The molecule has 2 heterocycles. The Morgan fingerprint density at radius 1 is 1.17 bits per heavy atom. The number of nitrogens with zero attached hydrogens (tertiary/aromatic N) is 5. The van der Waals surface area contributed by atoms with Gasteiger partial charge in [-0.05, 0) is 51.3 Å². The second kappa shape index (κ2) is 8.05. The summed E-state index contributed by atoms with van der Waals surface area (Å²) in [5.41, 5.74) is -2.70. The fraction of sp³-hybridized carbons (Fsp3) is 0.412. The quantitative estimate of drug-likeness (QED) is 0.278. The lowest BCUT2D eigenvalue weighted by Gasteiger charge is -2.28. The fourth-order valence-corrected chi connectivity index (χ4v) is 2.05. The van der Waals surface area contributed by atoms with Crippen molar-refractivity contribution in [3.05, 3.63) is 41.4 Å². The minimum atomic E-state index is -4.80. The van der Waals surface area contributed by atoms with Gasteiger partial charge in [0.05, 0.1) is 5.69 Å². The van der Waals surface area contributed by atoms with Crippen LogP contribution >= 0.6 is 0 Å². The number of halogens is 6. The zero-order valence-electron chi connectivity index (χ0n) is 16.3. The standard InChI is InChI=1S/C17H17F6N5O2/c1-9(8-10(18)13(24-4)30-15(2,3)17(21,22)23)11-6-7-12-25-26-14(28(12)27-11)16(19,20)29-5/h6-8H,4H2,1-3,5H3/b9-8+,13-10-. The highest BCUT2D eigenvalue weighted by molar-refractivity contribution is 5.63. The average molecular weight is 437 g/mol. The third-order valence-corrected chi connectivity index (χ3v) is 3.91. The predicted octanol–water partition coefficient (Wildman–Crippen LogP) is 4.42. The molecule has 0 aromatic carbocycles. The van der Waals surface area contributed by atoms with Crippen molar-refractivity contribution in [1.29, 1.82) is 0 Å². The van der Waals surface area contributed by atoms with Crippen LogP contribution in [0.5, 0.6) is 0 Å². The SMILES string of the molecule is C=N/C(OC(C)(C)C(F)(F)F)=C(F)\C=C(/C)c1ccc2nnc(C(F)(F)OC)n2n1. The van der Waals surface area contributed by atoms with Gasteiger partial charge in [0.15, 0.2) is 17.1 Å². The summed E-state index contributed by atoms with van der Waals surface area (Å²) in [6.45, 7) is 5.75. The van der Waals surface area contributed by atoms with E-state index in [2.05, 4.69) is 36.5 Å². The molecule has 0 aliphatic rings. The van der Waals surface area contributed by atoms with Gasteiger partial charge >= 0.3 is 12.3 Å². The summed E-state index contributed by atoms with van der Waals surface area (Å²) in [7, 11) is 0.766. The summed E-state index contributed by atoms with van der Waals surface area (Å²) in [6.07, 6.45) is -7.81. The van der Waals surface area contributed by atoms with E-state index >= 15 is 0 Å². The number of ether oxygens (including phenoxy) is 2. The van der Waals surface area contributed by atoms with Crippen molar-refractivity contribution in [1.82, 2.24) is 19.8 Å². The second-order valence-electron chi connectivity index (χ2n) is 6.48. The number of fused-ring (bicyclic) bond motifs is 1. The molecule has 2 rings (SSSR count). The minimum Gasteiger partial charge on any atom is -0.460 e. The molecular formula is C17H17F6N5O2. The van der Waals surface area contributed by atoms with Gasteiger partial charge in [-0.15, -0.1) is 10.2 Å². The minimum absolute atomic E-state index is 0.00379. The summed E-state index contributed by atoms with van der Waals surface area (Å²) in [6, 6.07) is 2.62. The molecule has 0 saturated heterocycles. The normalized spacial score (nSPS) is 14.7. The zero-order valence-corrected chi connectivity index (χ0v) is 16.3. The molecule has 0 radical (unpaired) electrons. The predicted molar refractivity (Wildman–Crippen MR) is 94.2 cm³/mol. The van der Waals surface area contributed by atoms with Crippen molar-refractivity contribution in [3.8, 4) is 0 Å². The molecule has 164 valence electrons. The Kier molecular flexibility index (Phi) is 6.26. The Balaban J connectivity index is 2.46. The molecule has 0 bridgehead atoms. The molecule has 0 N–H and O–H groups in total. The molecule has 2 aromatic rings. The lowest BCUT2D eigenvalue weighted by Crippen LogP contribution is -2.41. The monoisotopic (exact) mass is 437 g/mol. The van der Waals surface area contributed by atoms with Crippen LogP contribution in [0.3, 0.4) is 0 Å². The van der Waals surface area contributed by atoms with Gasteiger partial charge in [0.25, 0.3) is 11.7 Å². The van der Waals surface area contributed by atoms with Crippen LogP contribution in [0, 0.1) is 0 Å². The molecule has 2 aromatic heterocycles. The van der Waals surface area contributed by atoms with Crippen LogP contribution in [0.1, 0.15) is 32.3 Å². The molecule has 0 atom stereocenters. The molecule has 0 saturated carbocycles. The third kappa shape index (κ3) is 4.61. The van der Waals surface area contributed by atoms with Crippen LogP contribution in [0.4, 0.5) is 26.3 Å². The number of allylic oxidation sites excluding steroid dienone is 3. The van der Waals surface area contributed by atoms with Crippen LogP contribution in [-0.2, 0) is 15.6 Å². The van der Waals surface area contributed by atoms with E-state index in [1.54, 1.807) is 0 Å². The zero-order chi connectivity index (χ0) is 22.9. The Hall–Kier alpha value is -2.96. The maximum Gasteiger partial charge on any atom is 0.427 e.